The molecule has 44 heavy (non-hydrogen) atoms. The number of anilines is 1. The van der Waals surface area contributed by atoms with Crippen molar-refractivity contribution in [2.45, 2.75) is 45.7 Å². The van der Waals surface area contributed by atoms with Crippen LogP contribution in [0.4, 0.5) is 23.2 Å². The molecule has 3 N–H and O–H groups in total. The number of rotatable bonds is 10. The fourth-order valence-corrected chi connectivity index (χ4v) is 4.91. The Kier molecular flexibility index (Phi) is 9.81. The largest absolute Gasteiger partial charge is 0.416 e. The van der Waals surface area contributed by atoms with E-state index in [9.17, 15) is 22.4 Å². The summed E-state index contributed by atoms with van der Waals surface area (Å²) in [5.41, 5.74) is 6.89. The highest BCUT2D eigenvalue weighted by Crippen LogP contribution is 2.34. The number of nitrogens with zero attached hydrogens (tertiary/aromatic N) is 4. The van der Waals surface area contributed by atoms with Crippen LogP contribution >= 0.6 is 12.2 Å². The van der Waals surface area contributed by atoms with Crippen LogP contribution in [-0.2, 0) is 30.5 Å². The molecular weight excluding hydrogens is 592 g/mol. The van der Waals surface area contributed by atoms with E-state index in [4.69, 9.17) is 23.2 Å². The molecule has 0 saturated carbocycles. The number of hydrogen-bond donors (Lipinski definition) is 2. The average Bonchev–Trinajstić information content (AvgIpc) is 3.42. The number of carbonyl (C=O) groups is 1. The van der Waals surface area contributed by atoms with Crippen molar-refractivity contribution in [1.29, 1.82) is 5.26 Å². The normalized spacial score (nSPS) is 12.3. The van der Waals surface area contributed by atoms with Crippen LogP contribution in [-0.4, -0.2) is 31.5 Å². The molecule has 1 heterocycles. The van der Waals surface area contributed by atoms with Gasteiger partial charge in [0.25, 0.3) is 0 Å². The van der Waals surface area contributed by atoms with Gasteiger partial charge >= 0.3 is 6.18 Å². The summed E-state index contributed by atoms with van der Waals surface area (Å²) in [6, 6.07) is 19.5. The molecule has 3 aromatic carbocycles. The van der Waals surface area contributed by atoms with E-state index in [1.807, 2.05) is 12.1 Å². The maximum Gasteiger partial charge on any atom is 0.416 e. The van der Waals surface area contributed by atoms with Crippen LogP contribution in [0.25, 0.3) is 0 Å². The maximum absolute atomic E-state index is 13.9. The minimum absolute atomic E-state index is 0.0344. The number of aromatic nitrogens is 2. The number of alkyl halides is 3. The van der Waals surface area contributed by atoms with Gasteiger partial charge in [0.1, 0.15) is 11.6 Å². The molecule has 1 aromatic heterocycles. The van der Waals surface area contributed by atoms with Crippen LogP contribution in [0.1, 0.15) is 41.8 Å². The fourth-order valence-electron chi connectivity index (χ4n) is 4.61. The van der Waals surface area contributed by atoms with Gasteiger partial charge in [0.2, 0.25) is 0 Å². The Morgan fingerprint density at radius 3 is 2.39 bits per heavy atom. The molecule has 1 unspecified atom stereocenters. The summed E-state index contributed by atoms with van der Waals surface area (Å²) in [7, 11) is 0. The molecular formula is C32H30F4N6OS. The first-order valence-corrected chi connectivity index (χ1v) is 14.0. The summed E-state index contributed by atoms with van der Waals surface area (Å²) in [5, 5.41) is 11.9. The number of thiocarbonyl (C=S) groups is 1. The molecule has 7 nitrogen and oxygen atoms in total. The average molecular weight is 623 g/mol. The molecule has 0 aliphatic heterocycles. The summed E-state index contributed by atoms with van der Waals surface area (Å²) >= 11 is 5.60. The highest BCUT2D eigenvalue weighted by molar-refractivity contribution is 7.80. The smallest absolute Gasteiger partial charge is 0.333 e. The second-order valence-corrected chi connectivity index (χ2v) is 11.2. The van der Waals surface area contributed by atoms with Crippen molar-refractivity contribution in [3.8, 4) is 6.07 Å². The third-order valence-electron chi connectivity index (χ3n) is 7.39. The molecule has 0 radical (unpaired) electrons. The lowest BCUT2D eigenvalue weighted by Gasteiger charge is -2.40. The predicted molar refractivity (Wildman–Crippen MR) is 163 cm³/mol. The van der Waals surface area contributed by atoms with Crippen LogP contribution in [0.5, 0.6) is 0 Å². The minimum Gasteiger partial charge on any atom is -0.333 e. The SMILES string of the molecule is CC(C)(C(=O)Cc1cncn1Cc1ccc(C#N)cc1)C(N)N(Cc1ccccc1C(F)(F)F)C(=S)Nc1ccc(F)cc1. The Morgan fingerprint density at radius 2 is 1.75 bits per heavy atom. The monoisotopic (exact) mass is 622 g/mol. The minimum atomic E-state index is -4.63. The van der Waals surface area contributed by atoms with Crippen LogP contribution in [0.2, 0.25) is 0 Å². The molecule has 0 fully saturated rings. The maximum atomic E-state index is 13.9. The summed E-state index contributed by atoms with van der Waals surface area (Å²) in [5.74, 6) is -0.760. The van der Waals surface area contributed by atoms with E-state index in [1.54, 1.807) is 43.1 Å². The Labute approximate surface area is 257 Å². The standard InChI is InChI=1S/C32H30F4N6OS/c1-31(2,28(43)15-26-17-39-20-41(26)18-22-9-7-21(16-37)8-10-22)29(38)42(30(44)40-25-13-11-24(33)12-14-25)19-23-5-3-4-6-27(23)32(34,35)36/h3-14,17,20,29H,15,18-19,38H2,1-2H3,(H,40,44). The van der Waals surface area contributed by atoms with Crippen molar-refractivity contribution < 1.29 is 22.4 Å². The van der Waals surface area contributed by atoms with E-state index in [0.717, 1.165) is 11.6 Å². The number of halogens is 4. The van der Waals surface area contributed by atoms with E-state index >= 15 is 0 Å². The summed E-state index contributed by atoms with van der Waals surface area (Å²) in [6.45, 7) is 3.29. The van der Waals surface area contributed by atoms with Gasteiger partial charge in [-0.15, -0.1) is 0 Å². The lowest BCUT2D eigenvalue weighted by molar-refractivity contribution is -0.138. The topological polar surface area (TPSA) is 100.0 Å². The third kappa shape index (κ3) is 7.67. The molecule has 0 amide bonds. The van der Waals surface area contributed by atoms with E-state index in [-0.39, 0.29) is 29.4 Å². The van der Waals surface area contributed by atoms with Crippen molar-refractivity contribution in [2.24, 2.45) is 11.1 Å². The second kappa shape index (κ2) is 13.4. The zero-order chi connectivity index (χ0) is 32.1. The number of nitrogens with two attached hydrogens (primary N) is 1. The highest BCUT2D eigenvalue weighted by Gasteiger charge is 2.40. The van der Waals surface area contributed by atoms with Gasteiger partial charge in [0.05, 0.1) is 35.1 Å². The van der Waals surface area contributed by atoms with E-state index in [2.05, 4.69) is 16.4 Å². The molecule has 4 rings (SSSR count). The van der Waals surface area contributed by atoms with E-state index in [0.29, 0.717) is 23.5 Å². The lowest BCUT2D eigenvalue weighted by Crippen LogP contribution is -2.57. The summed E-state index contributed by atoms with van der Waals surface area (Å²) in [4.78, 5) is 19.3. The summed E-state index contributed by atoms with van der Waals surface area (Å²) in [6.07, 6.45) is -2.68. The quantitative estimate of drug-likeness (QED) is 0.122. The van der Waals surface area contributed by atoms with Crippen molar-refractivity contribution >= 4 is 28.8 Å². The van der Waals surface area contributed by atoms with E-state index in [1.165, 1.54) is 47.4 Å². The number of ketones is 1. The second-order valence-electron chi connectivity index (χ2n) is 10.8. The lowest BCUT2D eigenvalue weighted by atomic mass is 9.82. The van der Waals surface area contributed by atoms with Crippen LogP contribution in [0, 0.1) is 22.6 Å². The van der Waals surface area contributed by atoms with Crippen molar-refractivity contribution in [1.82, 2.24) is 14.5 Å². The Bertz CT molecular complexity index is 1660. The Balaban J connectivity index is 1.60. The molecule has 0 spiro atoms. The fraction of sp³-hybridized carbons (Fsp3) is 0.250. The molecule has 228 valence electrons. The van der Waals surface area contributed by atoms with Crippen LogP contribution < -0.4 is 11.1 Å². The number of nitriles is 1. The highest BCUT2D eigenvalue weighted by atomic mass is 32.1. The van der Waals surface area contributed by atoms with Gasteiger partial charge < -0.3 is 20.5 Å². The third-order valence-corrected chi connectivity index (χ3v) is 7.73. The molecule has 0 saturated heterocycles. The van der Waals surface area contributed by atoms with Gasteiger partial charge in [-0.3, -0.25) is 4.79 Å². The first-order chi connectivity index (χ1) is 20.8. The van der Waals surface area contributed by atoms with E-state index < -0.39 is 29.1 Å². The van der Waals surface area contributed by atoms with Gasteiger partial charge in [0, 0.05) is 37.1 Å². The summed E-state index contributed by atoms with van der Waals surface area (Å²) < 4.78 is 56.9. The van der Waals surface area contributed by atoms with Crippen LogP contribution in [0.15, 0.2) is 85.3 Å². The van der Waals surface area contributed by atoms with Gasteiger partial charge in [-0.25, -0.2) is 9.37 Å². The molecule has 0 bridgehead atoms. The molecule has 4 aromatic rings. The molecule has 1 atom stereocenters. The predicted octanol–water partition coefficient (Wildman–Crippen LogP) is 6.28. The number of hydrogen-bond acceptors (Lipinski definition) is 5. The number of imidazole rings is 1. The first kappa shape index (κ1) is 32.3. The molecule has 0 aliphatic carbocycles. The Hall–Kier alpha value is -4.60. The van der Waals surface area contributed by atoms with Gasteiger partial charge in [-0.05, 0) is 79.7 Å². The zero-order valence-corrected chi connectivity index (χ0v) is 24.8. The Morgan fingerprint density at radius 1 is 1.09 bits per heavy atom. The molecule has 0 aliphatic rings. The number of nitrogens with one attached hydrogen (secondary N) is 1. The number of carbonyl (C=O) groups excluding carboxylic acids is 1. The van der Waals surface area contributed by atoms with Crippen molar-refractivity contribution in [3.05, 3.63) is 119 Å². The van der Waals surface area contributed by atoms with Crippen molar-refractivity contribution in [3.63, 3.8) is 0 Å². The van der Waals surface area contributed by atoms with Crippen LogP contribution in [0.3, 0.4) is 0 Å². The first-order valence-electron chi connectivity index (χ1n) is 13.5. The number of benzene rings is 3. The van der Waals surface area contributed by atoms with Gasteiger partial charge in [0.15, 0.2) is 5.11 Å². The number of Topliss-reactive ketones (excluding diaryl/α,β-unsaturated/α-hetero) is 1. The zero-order valence-electron chi connectivity index (χ0n) is 24.0. The van der Waals surface area contributed by atoms with Crippen molar-refractivity contribution in [2.75, 3.05) is 5.32 Å². The van der Waals surface area contributed by atoms with Gasteiger partial charge in [-0.1, -0.05) is 30.3 Å². The molecule has 12 heteroatoms. The van der Waals surface area contributed by atoms with Gasteiger partial charge in [-0.2, -0.15) is 18.4 Å².